The van der Waals surface area contributed by atoms with Gasteiger partial charge >= 0.3 is 6.18 Å². The van der Waals surface area contributed by atoms with Gasteiger partial charge in [0, 0.05) is 18.9 Å². The Kier molecular flexibility index (Phi) is 5.58. The average molecular weight is 265 g/mol. The van der Waals surface area contributed by atoms with Crippen molar-refractivity contribution in [1.29, 1.82) is 0 Å². The number of nitrogens with one attached hydrogen (secondary N) is 1. The molecule has 0 aliphatic rings. The van der Waals surface area contributed by atoms with Crippen LogP contribution >= 0.6 is 0 Å². The van der Waals surface area contributed by atoms with Crippen LogP contribution in [0, 0.1) is 0 Å². The van der Waals surface area contributed by atoms with E-state index < -0.39 is 12.6 Å². The molecule has 1 aromatic heterocycles. The van der Waals surface area contributed by atoms with Crippen molar-refractivity contribution in [2.75, 3.05) is 6.54 Å². The average Bonchev–Trinajstić information content (AvgIpc) is 2.73. The van der Waals surface area contributed by atoms with Crippen LogP contribution in [-0.2, 0) is 12.8 Å². The van der Waals surface area contributed by atoms with Gasteiger partial charge < -0.3 is 9.84 Å². The third-order valence-electron chi connectivity index (χ3n) is 2.55. The minimum absolute atomic E-state index is 0.119. The van der Waals surface area contributed by atoms with Crippen LogP contribution in [0.15, 0.2) is 4.52 Å². The fourth-order valence-electron chi connectivity index (χ4n) is 1.59. The highest BCUT2D eigenvalue weighted by molar-refractivity contribution is 4.90. The van der Waals surface area contributed by atoms with Crippen molar-refractivity contribution in [2.45, 2.75) is 51.7 Å². The third kappa shape index (κ3) is 5.48. The molecule has 0 saturated carbocycles. The lowest BCUT2D eigenvalue weighted by Gasteiger charge is -2.12. The molecule has 1 rings (SSSR count). The van der Waals surface area contributed by atoms with E-state index in [2.05, 4.69) is 15.5 Å². The fraction of sp³-hybridized carbons (Fsp3) is 0.818. The molecular weight excluding hydrogens is 247 g/mol. The summed E-state index contributed by atoms with van der Waals surface area (Å²) in [6, 6.07) is 0.214. The monoisotopic (exact) mass is 265 g/mol. The molecular formula is C11H18F3N3O. The molecule has 0 aliphatic heterocycles. The van der Waals surface area contributed by atoms with Crippen LogP contribution in [0.3, 0.4) is 0 Å². The van der Waals surface area contributed by atoms with Gasteiger partial charge in [-0.05, 0) is 13.0 Å². The van der Waals surface area contributed by atoms with E-state index in [1.54, 1.807) is 0 Å². The first-order chi connectivity index (χ1) is 8.44. The van der Waals surface area contributed by atoms with E-state index in [-0.39, 0.29) is 18.3 Å². The van der Waals surface area contributed by atoms with Crippen LogP contribution in [0.2, 0.25) is 0 Å². The summed E-state index contributed by atoms with van der Waals surface area (Å²) in [6.45, 7) is 4.84. The molecule has 1 aromatic rings. The highest BCUT2D eigenvalue weighted by Gasteiger charge is 2.27. The molecule has 0 amide bonds. The first kappa shape index (κ1) is 14.9. The predicted molar refractivity (Wildman–Crippen MR) is 60.1 cm³/mol. The summed E-state index contributed by atoms with van der Waals surface area (Å²) in [7, 11) is 0. The van der Waals surface area contributed by atoms with E-state index >= 15 is 0 Å². The Balaban J connectivity index is 2.47. The quantitative estimate of drug-likeness (QED) is 0.823. The third-order valence-corrected chi connectivity index (χ3v) is 2.55. The molecule has 18 heavy (non-hydrogen) atoms. The van der Waals surface area contributed by atoms with Crippen molar-refractivity contribution in [3.05, 3.63) is 11.7 Å². The van der Waals surface area contributed by atoms with Crippen molar-refractivity contribution >= 4 is 0 Å². The number of halogens is 3. The molecule has 0 radical (unpaired) electrons. The van der Waals surface area contributed by atoms with Crippen LogP contribution in [-0.4, -0.2) is 28.9 Å². The smallest absolute Gasteiger partial charge is 0.339 e. The zero-order chi connectivity index (χ0) is 13.6. The van der Waals surface area contributed by atoms with Gasteiger partial charge in [0.05, 0.1) is 6.42 Å². The van der Waals surface area contributed by atoms with Gasteiger partial charge in [-0.15, -0.1) is 0 Å². The SMILES string of the molecule is CCNC(CC)Cc1nc(CCC(F)(F)F)no1. The van der Waals surface area contributed by atoms with E-state index in [0.29, 0.717) is 12.3 Å². The number of nitrogens with zero attached hydrogens (tertiary/aromatic N) is 2. The van der Waals surface area contributed by atoms with Gasteiger partial charge in [-0.3, -0.25) is 0 Å². The summed E-state index contributed by atoms with van der Waals surface area (Å²) >= 11 is 0. The molecule has 1 unspecified atom stereocenters. The minimum Gasteiger partial charge on any atom is -0.339 e. The number of rotatable bonds is 7. The van der Waals surface area contributed by atoms with Gasteiger partial charge in [-0.25, -0.2) is 0 Å². The second kappa shape index (κ2) is 6.72. The molecule has 0 spiro atoms. The minimum atomic E-state index is -4.18. The van der Waals surface area contributed by atoms with Crippen LogP contribution in [0.1, 0.15) is 38.4 Å². The Morgan fingerprint density at radius 2 is 2.06 bits per heavy atom. The van der Waals surface area contributed by atoms with Crippen molar-refractivity contribution < 1.29 is 17.7 Å². The maximum atomic E-state index is 12.0. The lowest BCUT2D eigenvalue weighted by Crippen LogP contribution is -2.30. The summed E-state index contributed by atoms with van der Waals surface area (Å²) < 4.78 is 41.0. The fourth-order valence-corrected chi connectivity index (χ4v) is 1.59. The zero-order valence-corrected chi connectivity index (χ0v) is 10.5. The van der Waals surface area contributed by atoms with Crippen molar-refractivity contribution in [3.8, 4) is 0 Å². The maximum absolute atomic E-state index is 12.0. The standard InChI is InChI=1S/C11H18F3N3O/c1-3-8(15-4-2)7-10-16-9(17-18-10)5-6-11(12,13)14/h8,15H,3-7H2,1-2H3. The number of hydrogen-bond donors (Lipinski definition) is 1. The van der Waals surface area contributed by atoms with Crippen molar-refractivity contribution in [3.63, 3.8) is 0 Å². The second-order valence-electron chi connectivity index (χ2n) is 4.09. The Labute approximate surface area is 104 Å². The topological polar surface area (TPSA) is 51.0 Å². The summed E-state index contributed by atoms with van der Waals surface area (Å²) in [6.07, 6.45) is -3.89. The maximum Gasteiger partial charge on any atom is 0.389 e. The van der Waals surface area contributed by atoms with Crippen molar-refractivity contribution in [1.82, 2.24) is 15.5 Å². The Hall–Kier alpha value is -1.11. The molecule has 0 saturated heterocycles. The van der Waals surface area contributed by atoms with Crippen LogP contribution in [0.4, 0.5) is 13.2 Å². The number of likely N-dealkylation sites (N-methyl/N-ethyl adjacent to an activating group) is 1. The van der Waals surface area contributed by atoms with Gasteiger partial charge in [0.15, 0.2) is 5.82 Å². The number of aromatic nitrogens is 2. The summed E-state index contributed by atoms with van der Waals surface area (Å²) in [5.74, 6) is 0.508. The lowest BCUT2D eigenvalue weighted by molar-refractivity contribution is -0.134. The summed E-state index contributed by atoms with van der Waals surface area (Å²) in [5, 5.41) is 6.79. The van der Waals surface area contributed by atoms with Crippen LogP contribution < -0.4 is 5.32 Å². The number of aryl methyl sites for hydroxylation is 1. The molecule has 0 fully saturated rings. The highest BCUT2D eigenvalue weighted by atomic mass is 19.4. The van der Waals surface area contributed by atoms with E-state index in [9.17, 15) is 13.2 Å². The second-order valence-corrected chi connectivity index (χ2v) is 4.09. The van der Waals surface area contributed by atoms with Gasteiger partial charge in [-0.1, -0.05) is 19.0 Å². The largest absolute Gasteiger partial charge is 0.389 e. The molecule has 4 nitrogen and oxygen atoms in total. The van der Waals surface area contributed by atoms with Gasteiger partial charge in [0.1, 0.15) is 0 Å². The first-order valence-corrected chi connectivity index (χ1v) is 6.06. The first-order valence-electron chi connectivity index (χ1n) is 6.06. The Morgan fingerprint density at radius 1 is 1.33 bits per heavy atom. The number of alkyl halides is 3. The molecule has 1 heterocycles. The van der Waals surface area contributed by atoms with E-state index in [0.717, 1.165) is 13.0 Å². The van der Waals surface area contributed by atoms with E-state index in [4.69, 9.17) is 4.52 Å². The zero-order valence-electron chi connectivity index (χ0n) is 10.5. The lowest BCUT2D eigenvalue weighted by atomic mass is 10.1. The van der Waals surface area contributed by atoms with Gasteiger partial charge in [-0.2, -0.15) is 18.2 Å². The molecule has 1 N–H and O–H groups in total. The van der Waals surface area contributed by atoms with Gasteiger partial charge in [0.25, 0.3) is 0 Å². The Bertz CT molecular complexity index is 352. The molecule has 0 bridgehead atoms. The summed E-state index contributed by atoms with van der Waals surface area (Å²) in [5.41, 5.74) is 0. The molecule has 104 valence electrons. The van der Waals surface area contributed by atoms with Crippen molar-refractivity contribution in [2.24, 2.45) is 0 Å². The van der Waals surface area contributed by atoms with Crippen LogP contribution in [0.5, 0.6) is 0 Å². The summed E-state index contributed by atoms with van der Waals surface area (Å²) in [4.78, 5) is 3.97. The Morgan fingerprint density at radius 3 is 2.61 bits per heavy atom. The van der Waals surface area contributed by atoms with E-state index in [1.807, 2.05) is 13.8 Å². The normalized spacial score (nSPS) is 13.8. The molecule has 1 atom stereocenters. The number of hydrogen-bond acceptors (Lipinski definition) is 4. The predicted octanol–water partition coefficient (Wildman–Crippen LogP) is 2.50. The van der Waals surface area contributed by atoms with Gasteiger partial charge in [0.2, 0.25) is 5.89 Å². The molecule has 0 aliphatic carbocycles. The molecule has 0 aromatic carbocycles. The van der Waals surface area contributed by atoms with E-state index in [1.165, 1.54) is 0 Å². The van der Waals surface area contributed by atoms with Crippen LogP contribution in [0.25, 0.3) is 0 Å². The highest BCUT2D eigenvalue weighted by Crippen LogP contribution is 2.21. The molecule has 7 heteroatoms.